The zero-order chi connectivity index (χ0) is 22.6. The van der Waals surface area contributed by atoms with E-state index >= 15 is 0 Å². The lowest BCUT2D eigenvalue weighted by Crippen LogP contribution is -2.60. The number of aliphatic hydroxyl groups is 4. The van der Waals surface area contributed by atoms with Crippen molar-refractivity contribution in [2.24, 2.45) is 0 Å². The van der Waals surface area contributed by atoms with Gasteiger partial charge in [0.15, 0.2) is 5.78 Å². The lowest BCUT2D eigenvalue weighted by molar-refractivity contribution is -0.278. The Morgan fingerprint density at radius 1 is 1.06 bits per heavy atom. The summed E-state index contributed by atoms with van der Waals surface area (Å²) in [5.74, 6) is -0.945. The molecule has 10 heteroatoms. The van der Waals surface area contributed by atoms with Gasteiger partial charge in [-0.3, -0.25) is 4.79 Å². The van der Waals surface area contributed by atoms with Crippen molar-refractivity contribution < 1.29 is 49.3 Å². The Hall–Kier alpha value is -3.02. The van der Waals surface area contributed by atoms with E-state index in [-0.39, 0.29) is 17.3 Å². The fourth-order valence-corrected chi connectivity index (χ4v) is 2.88. The Morgan fingerprint density at radius 3 is 2.35 bits per heavy atom. The van der Waals surface area contributed by atoms with Gasteiger partial charge < -0.3 is 39.7 Å². The van der Waals surface area contributed by atoms with E-state index in [9.17, 15) is 35.1 Å². The number of hydrogen-bond donors (Lipinski definition) is 5. The molecule has 0 radical (unpaired) electrons. The first-order valence-electron chi connectivity index (χ1n) is 9.33. The van der Waals surface area contributed by atoms with Gasteiger partial charge in [-0.15, -0.1) is 0 Å². The highest BCUT2D eigenvalue weighted by Crippen LogP contribution is 2.25. The molecule has 5 atom stereocenters. The van der Waals surface area contributed by atoms with E-state index in [1.54, 1.807) is 0 Å². The number of rotatable bonds is 6. The minimum Gasteiger partial charge on any atom is -0.508 e. The highest BCUT2D eigenvalue weighted by atomic mass is 16.7. The van der Waals surface area contributed by atoms with Gasteiger partial charge in [0.2, 0.25) is 6.29 Å². The number of benzene rings is 1. The molecule has 5 N–H and O–H groups in total. The molecule has 0 aromatic heterocycles. The summed E-state index contributed by atoms with van der Waals surface area (Å²) in [4.78, 5) is 23.1. The summed E-state index contributed by atoms with van der Waals surface area (Å²) >= 11 is 0. The number of phenols is 1. The molecule has 1 heterocycles. The van der Waals surface area contributed by atoms with Crippen LogP contribution in [0.5, 0.6) is 11.5 Å². The lowest BCUT2D eigenvalue weighted by atomic mass is 9.97. The average molecular weight is 434 g/mol. The van der Waals surface area contributed by atoms with Crippen LogP contribution in [-0.4, -0.2) is 80.2 Å². The number of ether oxygens (including phenoxy) is 3. The minimum absolute atomic E-state index is 0.00114. The maximum Gasteiger partial charge on any atom is 0.330 e. The lowest BCUT2D eigenvalue weighted by Gasteiger charge is -2.39. The fourth-order valence-electron chi connectivity index (χ4n) is 2.88. The Kier molecular flexibility index (Phi) is 6.88. The van der Waals surface area contributed by atoms with Crippen LogP contribution in [0.25, 0.3) is 0 Å². The van der Waals surface area contributed by atoms with E-state index in [4.69, 9.17) is 14.2 Å². The van der Waals surface area contributed by atoms with Gasteiger partial charge in [0.25, 0.3) is 0 Å². The van der Waals surface area contributed by atoms with Crippen molar-refractivity contribution in [3.05, 3.63) is 60.7 Å². The smallest absolute Gasteiger partial charge is 0.330 e. The van der Waals surface area contributed by atoms with Crippen LogP contribution >= 0.6 is 0 Å². The molecule has 10 nitrogen and oxygen atoms in total. The van der Waals surface area contributed by atoms with E-state index in [0.29, 0.717) is 0 Å². The van der Waals surface area contributed by atoms with Crippen LogP contribution in [0, 0.1) is 0 Å². The van der Waals surface area contributed by atoms with E-state index in [2.05, 4.69) is 0 Å². The number of hydrogen-bond acceptors (Lipinski definition) is 10. The standard InChI is InChI=1S/C21H22O10/c22-12-1-3-14(4-2-12)30-20-19(27)18(26)17(25)15(31-20)11-29-16(24)7-10-21(28)8-5-13(23)6-9-21/h1-10,15,17-20,22,25-28H,11H2/t15-,17-,18+,19-,20+/m1/s1. The third-order valence-electron chi connectivity index (χ3n) is 4.66. The second-order valence-electron chi connectivity index (χ2n) is 7.05. The van der Waals surface area contributed by atoms with Crippen LogP contribution in [0.4, 0.5) is 0 Å². The second kappa shape index (κ2) is 9.41. The second-order valence-corrected chi connectivity index (χ2v) is 7.05. The van der Waals surface area contributed by atoms with E-state index in [0.717, 1.165) is 24.3 Å². The van der Waals surface area contributed by atoms with Crippen molar-refractivity contribution in [3.63, 3.8) is 0 Å². The van der Waals surface area contributed by atoms with Gasteiger partial charge in [-0.25, -0.2) is 4.79 Å². The van der Waals surface area contributed by atoms with Crippen molar-refractivity contribution >= 4 is 11.8 Å². The van der Waals surface area contributed by atoms with Crippen LogP contribution in [0.2, 0.25) is 0 Å². The predicted molar refractivity (Wildman–Crippen MR) is 104 cm³/mol. The molecular weight excluding hydrogens is 412 g/mol. The van der Waals surface area contributed by atoms with Gasteiger partial charge in [0.05, 0.1) is 0 Å². The van der Waals surface area contributed by atoms with Crippen LogP contribution in [0.15, 0.2) is 60.7 Å². The molecule has 31 heavy (non-hydrogen) atoms. The highest BCUT2D eigenvalue weighted by Gasteiger charge is 2.45. The maximum atomic E-state index is 12.0. The minimum atomic E-state index is -1.63. The molecule has 0 saturated carbocycles. The summed E-state index contributed by atoms with van der Waals surface area (Å²) in [6.45, 7) is -0.480. The van der Waals surface area contributed by atoms with Gasteiger partial charge >= 0.3 is 5.97 Å². The number of aliphatic hydroxyl groups excluding tert-OH is 3. The summed E-state index contributed by atoms with van der Waals surface area (Å²) in [6, 6.07) is 5.52. The molecule has 2 aliphatic rings. The zero-order valence-corrected chi connectivity index (χ0v) is 16.1. The van der Waals surface area contributed by atoms with Crippen LogP contribution < -0.4 is 4.74 Å². The first kappa shape index (κ1) is 22.7. The van der Waals surface area contributed by atoms with Crippen molar-refractivity contribution in [2.75, 3.05) is 6.61 Å². The van der Waals surface area contributed by atoms with Crippen LogP contribution in [0.3, 0.4) is 0 Å². The van der Waals surface area contributed by atoms with Gasteiger partial charge in [0.1, 0.15) is 48.1 Å². The quantitative estimate of drug-likeness (QED) is 0.280. The number of carbonyl (C=O) groups excluding carboxylic acids is 2. The molecule has 0 spiro atoms. The van der Waals surface area contributed by atoms with E-state index < -0.39 is 48.9 Å². The first-order chi connectivity index (χ1) is 14.7. The summed E-state index contributed by atoms with van der Waals surface area (Å²) in [5, 5.41) is 49.8. The van der Waals surface area contributed by atoms with Crippen LogP contribution in [-0.2, 0) is 19.1 Å². The summed E-state index contributed by atoms with van der Waals surface area (Å²) < 4.78 is 15.9. The van der Waals surface area contributed by atoms with Gasteiger partial charge in [0, 0.05) is 6.08 Å². The number of phenolic OH excluding ortho intramolecular Hbond substituents is 1. The SMILES string of the molecule is O=C1C=CC(O)(C=CC(=O)OC[C@H]2O[C@H](Oc3ccc(O)cc3)[C@H](O)[C@@H](O)[C@@H]2O)C=C1. The molecule has 1 saturated heterocycles. The fraction of sp³-hybridized carbons (Fsp3) is 0.333. The molecular formula is C21H22O10. The van der Waals surface area contributed by atoms with Crippen molar-refractivity contribution in [1.82, 2.24) is 0 Å². The summed E-state index contributed by atoms with van der Waals surface area (Å²) in [6.07, 6.45) is -0.601. The molecule has 0 unspecified atom stereocenters. The van der Waals surface area contributed by atoms with Crippen LogP contribution in [0.1, 0.15) is 0 Å². The van der Waals surface area contributed by atoms with E-state index in [1.165, 1.54) is 36.4 Å². The number of allylic oxidation sites excluding steroid dienone is 2. The normalized spacial score (nSPS) is 29.8. The van der Waals surface area contributed by atoms with Gasteiger partial charge in [-0.2, -0.15) is 0 Å². The Balaban J connectivity index is 1.58. The third kappa shape index (κ3) is 5.78. The van der Waals surface area contributed by atoms with E-state index in [1.807, 2.05) is 0 Å². The number of esters is 1. The zero-order valence-electron chi connectivity index (χ0n) is 16.1. The number of aromatic hydroxyl groups is 1. The molecule has 1 aromatic carbocycles. The summed E-state index contributed by atoms with van der Waals surface area (Å²) in [5.41, 5.74) is -1.61. The number of ketones is 1. The predicted octanol–water partition coefficient (Wildman–Crippen LogP) is -0.896. The monoisotopic (exact) mass is 434 g/mol. The topological polar surface area (TPSA) is 163 Å². The van der Waals surface area contributed by atoms with Gasteiger partial charge in [-0.05, 0) is 54.6 Å². The highest BCUT2D eigenvalue weighted by molar-refractivity contribution is 6.00. The average Bonchev–Trinajstić information content (AvgIpc) is 2.75. The molecule has 0 bridgehead atoms. The molecule has 1 fully saturated rings. The molecule has 3 rings (SSSR count). The Bertz CT molecular complexity index is 872. The number of carbonyl (C=O) groups is 2. The molecule has 0 amide bonds. The van der Waals surface area contributed by atoms with Crippen molar-refractivity contribution in [3.8, 4) is 11.5 Å². The molecule has 1 aliphatic carbocycles. The summed E-state index contributed by atoms with van der Waals surface area (Å²) in [7, 11) is 0. The third-order valence-corrected chi connectivity index (χ3v) is 4.66. The Labute approximate surface area is 176 Å². The van der Waals surface area contributed by atoms with Gasteiger partial charge in [-0.1, -0.05) is 0 Å². The largest absolute Gasteiger partial charge is 0.508 e. The molecule has 1 aliphatic heterocycles. The van der Waals surface area contributed by atoms with Crippen molar-refractivity contribution in [1.29, 1.82) is 0 Å². The molecule has 166 valence electrons. The van der Waals surface area contributed by atoms with Crippen molar-refractivity contribution in [2.45, 2.75) is 36.3 Å². The Morgan fingerprint density at radius 2 is 1.71 bits per heavy atom. The first-order valence-corrected chi connectivity index (χ1v) is 9.33. The molecule has 1 aromatic rings. The maximum absolute atomic E-state index is 12.0.